The van der Waals surface area contributed by atoms with Crippen LogP contribution in [0.15, 0.2) is 29.8 Å². The largest absolute Gasteiger partial charge is 0.497 e. The summed E-state index contributed by atoms with van der Waals surface area (Å²) in [5.74, 6) is 3.75. The minimum atomic E-state index is -0.136. The first-order valence-electron chi connectivity index (χ1n) is 12.6. The van der Waals surface area contributed by atoms with Crippen LogP contribution in [0.1, 0.15) is 77.2 Å². The predicted octanol–water partition coefficient (Wildman–Crippen LogP) is 6.08. The Bertz CT molecular complexity index is 985. The smallest absolute Gasteiger partial charge is 0.302 e. The molecule has 32 heavy (non-hydrogen) atoms. The summed E-state index contributed by atoms with van der Waals surface area (Å²) in [6, 6.07) is 7.13. The lowest BCUT2D eigenvalue weighted by atomic mass is 9.48. The topological polar surface area (TPSA) is 47.6 Å². The minimum Gasteiger partial charge on any atom is -0.497 e. The Hall–Kier alpha value is -1.97. The number of esters is 1. The van der Waals surface area contributed by atoms with Crippen molar-refractivity contribution in [3.63, 3.8) is 0 Å². The predicted molar refractivity (Wildman–Crippen MR) is 126 cm³/mol. The van der Waals surface area contributed by atoms with Crippen LogP contribution in [0.25, 0.3) is 0 Å². The summed E-state index contributed by atoms with van der Waals surface area (Å²) in [7, 11) is 1.77. The van der Waals surface area contributed by atoms with Gasteiger partial charge in [0, 0.05) is 31.0 Å². The Morgan fingerprint density at radius 3 is 2.78 bits per heavy atom. The molecule has 4 aliphatic carbocycles. The van der Waals surface area contributed by atoms with Crippen LogP contribution in [-0.4, -0.2) is 25.2 Å². The summed E-state index contributed by atoms with van der Waals surface area (Å²) >= 11 is 0. The Labute approximate surface area is 192 Å². The molecule has 172 valence electrons. The first kappa shape index (κ1) is 20.6. The summed E-state index contributed by atoms with van der Waals surface area (Å²) in [6.07, 6.45) is 10.9. The van der Waals surface area contributed by atoms with Crippen molar-refractivity contribution in [2.45, 2.75) is 83.8 Å². The third-order valence-electron chi connectivity index (χ3n) is 10.4. The number of rotatable bonds is 2. The molecule has 4 heteroatoms. The molecule has 0 bridgehead atoms. The van der Waals surface area contributed by atoms with E-state index in [4.69, 9.17) is 9.47 Å². The monoisotopic (exact) mass is 435 g/mol. The molecule has 3 fully saturated rings. The van der Waals surface area contributed by atoms with Gasteiger partial charge in [-0.2, -0.15) is 0 Å². The van der Waals surface area contributed by atoms with Crippen molar-refractivity contribution in [3.05, 3.63) is 35.4 Å². The number of ether oxygens (including phenoxy) is 2. The van der Waals surface area contributed by atoms with Crippen molar-refractivity contribution in [3.8, 4) is 5.75 Å². The van der Waals surface area contributed by atoms with Crippen molar-refractivity contribution in [2.24, 2.45) is 28.6 Å². The molecule has 6 rings (SSSR count). The van der Waals surface area contributed by atoms with Gasteiger partial charge in [-0.15, -0.1) is 0 Å². The van der Waals surface area contributed by atoms with Crippen LogP contribution in [0.5, 0.6) is 5.75 Å². The highest BCUT2D eigenvalue weighted by Crippen LogP contribution is 2.68. The van der Waals surface area contributed by atoms with Crippen LogP contribution >= 0.6 is 0 Å². The fourth-order valence-corrected chi connectivity index (χ4v) is 8.86. The van der Waals surface area contributed by atoms with Crippen LogP contribution < -0.4 is 10.1 Å². The number of nitrogens with one attached hydrogen (secondary N) is 1. The molecule has 1 aromatic carbocycles. The number of hydrogen-bond acceptors (Lipinski definition) is 4. The van der Waals surface area contributed by atoms with Gasteiger partial charge in [-0.05, 0) is 90.9 Å². The fraction of sp³-hybridized carbons (Fsp3) is 0.679. The van der Waals surface area contributed by atoms with Gasteiger partial charge in [0.15, 0.2) is 0 Å². The van der Waals surface area contributed by atoms with E-state index < -0.39 is 0 Å². The third-order valence-corrected chi connectivity index (χ3v) is 10.4. The molecule has 5 aliphatic rings. The SMILES string of the molecule is COc1ccc2c(c1)C1CC3C4CC=C5CC(OC(C)=O)CCC5(C)C4CCC3(C)C1N2. The lowest BCUT2D eigenvalue weighted by Crippen LogP contribution is -2.52. The van der Waals surface area contributed by atoms with E-state index in [2.05, 4.69) is 43.4 Å². The zero-order chi connectivity index (χ0) is 22.3. The zero-order valence-electron chi connectivity index (χ0n) is 19.9. The van der Waals surface area contributed by atoms with Crippen LogP contribution in [-0.2, 0) is 9.53 Å². The van der Waals surface area contributed by atoms with E-state index in [0.717, 1.165) is 42.8 Å². The molecule has 1 N–H and O–H groups in total. The molecule has 1 aromatic rings. The standard InChI is InChI=1S/C28H37NO3/c1-16(30)32-19-9-11-27(2)17(13-19)5-7-20-23(27)10-12-28(3)24(20)15-22-21-14-18(31-4)6-8-25(21)29-26(22)28/h5-6,8,14,19-20,22-24,26,29H,7,9-13,15H2,1-4H3. The second kappa shape index (κ2) is 7.01. The number of carbonyl (C=O) groups excluding carboxylic acids is 1. The molecule has 8 atom stereocenters. The van der Waals surface area contributed by atoms with Gasteiger partial charge in [-0.3, -0.25) is 4.79 Å². The first-order chi connectivity index (χ1) is 15.3. The number of allylic oxidation sites excluding steroid dienone is 1. The number of fused-ring (bicyclic) bond motifs is 9. The van der Waals surface area contributed by atoms with Gasteiger partial charge in [0.25, 0.3) is 0 Å². The highest BCUT2D eigenvalue weighted by molar-refractivity contribution is 5.66. The molecule has 0 saturated heterocycles. The van der Waals surface area contributed by atoms with Gasteiger partial charge >= 0.3 is 5.97 Å². The van der Waals surface area contributed by atoms with E-state index >= 15 is 0 Å². The molecule has 0 spiro atoms. The van der Waals surface area contributed by atoms with Crippen molar-refractivity contribution >= 4 is 11.7 Å². The number of methoxy groups -OCH3 is 1. The van der Waals surface area contributed by atoms with E-state index in [1.165, 1.54) is 36.9 Å². The maximum atomic E-state index is 11.5. The molecular formula is C28H37NO3. The van der Waals surface area contributed by atoms with E-state index in [1.807, 2.05) is 0 Å². The molecule has 1 aliphatic heterocycles. The van der Waals surface area contributed by atoms with Crippen molar-refractivity contribution in [1.82, 2.24) is 0 Å². The molecule has 0 radical (unpaired) electrons. The summed E-state index contributed by atoms with van der Waals surface area (Å²) < 4.78 is 11.2. The second-order valence-corrected chi connectivity index (χ2v) is 11.7. The first-order valence-corrected chi connectivity index (χ1v) is 12.6. The summed E-state index contributed by atoms with van der Waals surface area (Å²) in [5, 5.41) is 3.95. The van der Waals surface area contributed by atoms with E-state index in [-0.39, 0.29) is 17.5 Å². The second-order valence-electron chi connectivity index (χ2n) is 11.7. The fourth-order valence-electron chi connectivity index (χ4n) is 8.86. The molecule has 8 unspecified atom stereocenters. The lowest BCUT2D eigenvalue weighted by molar-refractivity contribution is -0.148. The highest BCUT2D eigenvalue weighted by Gasteiger charge is 2.62. The van der Waals surface area contributed by atoms with Gasteiger partial charge in [0.05, 0.1) is 7.11 Å². The molecule has 0 amide bonds. The molecule has 0 aromatic heterocycles. The van der Waals surface area contributed by atoms with E-state index in [0.29, 0.717) is 17.4 Å². The summed E-state index contributed by atoms with van der Waals surface area (Å²) in [6.45, 7) is 6.64. The Balaban J connectivity index is 1.29. The molecule has 3 saturated carbocycles. The highest BCUT2D eigenvalue weighted by atomic mass is 16.5. The third kappa shape index (κ3) is 2.77. The Morgan fingerprint density at radius 2 is 2.00 bits per heavy atom. The number of anilines is 1. The quantitative estimate of drug-likeness (QED) is 0.452. The molecule has 4 nitrogen and oxygen atoms in total. The number of benzene rings is 1. The summed E-state index contributed by atoms with van der Waals surface area (Å²) in [4.78, 5) is 11.5. The number of carbonyl (C=O) groups is 1. The van der Waals surface area contributed by atoms with Gasteiger partial charge in [0.2, 0.25) is 0 Å². The lowest BCUT2D eigenvalue weighted by Gasteiger charge is -2.58. The average molecular weight is 436 g/mol. The van der Waals surface area contributed by atoms with Crippen LogP contribution in [0.3, 0.4) is 0 Å². The van der Waals surface area contributed by atoms with Crippen LogP contribution in [0.4, 0.5) is 5.69 Å². The van der Waals surface area contributed by atoms with Crippen molar-refractivity contribution in [2.75, 3.05) is 12.4 Å². The molecular weight excluding hydrogens is 398 g/mol. The van der Waals surface area contributed by atoms with Crippen LogP contribution in [0.2, 0.25) is 0 Å². The van der Waals surface area contributed by atoms with Crippen molar-refractivity contribution < 1.29 is 14.3 Å². The minimum absolute atomic E-state index is 0.0822. The maximum Gasteiger partial charge on any atom is 0.302 e. The van der Waals surface area contributed by atoms with E-state index in [9.17, 15) is 4.79 Å². The normalized spacial score (nSPS) is 43.6. The van der Waals surface area contributed by atoms with Crippen molar-refractivity contribution in [1.29, 1.82) is 0 Å². The van der Waals surface area contributed by atoms with Gasteiger partial charge in [-0.25, -0.2) is 0 Å². The average Bonchev–Trinajstić information content (AvgIpc) is 3.27. The van der Waals surface area contributed by atoms with Gasteiger partial charge < -0.3 is 14.8 Å². The number of hydrogen-bond donors (Lipinski definition) is 1. The van der Waals surface area contributed by atoms with Crippen LogP contribution in [0, 0.1) is 28.6 Å². The Morgan fingerprint density at radius 1 is 1.16 bits per heavy atom. The Kier molecular flexibility index (Phi) is 4.52. The summed E-state index contributed by atoms with van der Waals surface area (Å²) in [5.41, 5.74) is 5.01. The molecule has 1 heterocycles. The maximum absolute atomic E-state index is 11.5. The van der Waals surface area contributed by atoms with Gasteiger partial charge in [-0.1, -0.05) is 25.5 Å². The van der Waals surface area contributed by atoms with E-state index in [1.54, 1.807) is 19.6 Å². The zero-order valence-corrected chi connectivity index (χ0v) is 19.9. The van der Waals surface area contributed by atoms with Gasteiger partial charge in [0.1, 0.15) is 11.9 Å².